The minimum atomic E-state index is -0.436. The minimum Gasteiger partial charge on any atom is -0.355 e. The van der Waals surface area contributed by atoms with Gasteiger partial charge in [-0.15, -0.1) is 0 Å². The average Bonchev–Trinajstić information content (AvgIpc) is 3.55. The van der Waals surface area contributed by atoms with Crippen molar-refractivity contribution in [2.75, 3.05) is 39.8 Å². The average molecular weight is 396 g/mol. The molecule has 1 amide bonds. The fourth-order valence-corrected chi connectivity index (χ4v) is 4.41. The van der Waals surface area contributed by atoms with E-state index in [2.05, 4.69) is 52.5 Å². The van der Waals surface area contributed by atoms with E-state index < -0.39 is 5.41 Å². The summed E-state index contributed by atoms with van der Waals surface area (Å²) in [5.74, 6) is -0.174. The van der Waals surface area contributed by atoms with Crippen LogP contribution in [0.1, 0.15) is 36.4 Å². The van der Waals surface area contributed by atoms with Gasteiger partial charge in [-0.1, -0.05) is 42.5 Å². The molecule has 1 N–H and O–H groups in total. The Kier molecular flexibility index (Phi) is 5.97. The van der Waals surface area contributed by atoms with E-state index in [0.29, 0.717) is 12.6 Å². The van der Waals surface area contributed by atoms with Crippen LogP contribution in [-0.2, 0) is 10.2 Å². The van der Waals surface area contributed by atoms with Crippen LogP contribution in [0.5, 0.6) is 0 Å². The number of benzene rings is 2. The van der Waals surface area contributed by atoms with Gasteiger partial charge < -0.3 is 10.2 Å². The van der Waals surface area contributed by atoms with Gasteiger partial charge in [0.2, 0.25) is 5.91 Å². The minimum absolute atomic E-state index is 0.0853. The van der Waals surface area contributed by atoms with Gasteiger partial charge in [0.05, 0.1) is 5.41 Å². The van der Waals surface area contributed by atoms with Crippen LogP contribution in [0.2, 0.25) is 0 Å². The number of nitrogens with one attached hydrogen (secondary N) is 1. The summed E-state index contributed by atoms with van der Waals surface area (Å²) in [4.78, 5) is 17.7. The molecular formula is C24H30FN3O. The number of piperazine rings is 1. The molecule has 1 aliphatic carbocycles. The lowest BCUT2D eigenvalue weighted by molar-refractivity contribution is -0.123. The van der Waals surface area contributed by atoms with E-state index in [-0.39, 0.29) is 11.7 Å². The number of hydrogen-bond donors (Lipinski definition) is 1. The van der Waals surface area contributed by atoms with Gasteiger partial charge in [-0.3, -0.25) is 9.69 Å². The molecule has 5 heteroatoms. The number of rotatable bonds is 7. The summed E-state index contributed by atoms with van der Waals surface area (Å²) in [7, 11) is 2.18. The molecule has 2 aliphatic rings. The van der Waals surface area contributed by atoms with Crippen molar-refractivity contribution < 1.29 is 9.18 Å². The molecule has 29 heavy (non-hydrogen) atoms. The molecule has 1 saturated heterocycles. The SMILES string of the molecule is CN1CCN(CCCNC(=O)C2(c3ccc(F)cc3)CC2)C(c2ccccc2)C1. The van der Waals surface area contributed by atoms with Crippen molar-refractivity contribution in [2.45, 2.75) is 30.7 Å². The maximum atomic E-state index is 13.2. The van der Waals surface area contributed by atoms with Crippen molar-refractivity contribution in [3.63, 3.8) is 0 Å². The molecule has 0 aromatic heterocycles. The van der Waals surface area contributed by atoms with Crippen LogP contribution in [-0.4, -0.2) is 55.5 Å². The first-order chi connectivity index (χ1) is 14.1. The topological polar surface area (TPSA) is 35.6 Å². The molecule has 0 spiro atoms. The quantitative estimate of drug-likeness (QED) is 0.731. The molecule has 1 heterocycles. The second-order valence-corrected chi connectivity index (χ2v) is 8.42. The number of amides is 1. The fraction of sp³-hybridized carbons (Fsp3) is 0.458. The van der Waals surface area contributed by atoms with Crippen molar-refractivity contribution in [1.29, 1.82) is 0 Å². The van der Waals surface area contributed by atoms with Gasteiger partial charge >= 0.3 is 0 Å². The van der Waals surface area contributed by atoms with E-state index in [1.54, 1.807) is 12.1 Å². The first-order valence-corrected chi connectivity index (χ1v) is 10.6. The van der Waals surface area contributed by atoms with E-state index in [9.17, 15) is 9.18 Å². The van der Waals surface area contributed by atoms with E-state index in [4.69, 9.17) is 0 Å². The Labute approximate surface area is 172 Å². The van der Waals surface area contributed by atoms with Gasteiger partial charge in [0.25, 0.3) is 0 Å². The van der Waals surface area contributed by atoms with Gasteiger partial charge in [0.15, 0.2) is 0 Å². The number of carbonyl (C=O) groups is 1. The fourth-order valence-electron chi connectivity index (χ4n) is 4.41. The molecule has 4 rings (SSSR count). The summed E-state index contributed by atoms with van der Waals surface area (Å²) in [5, 5.41) is 3.13. The second-order valence-electron chi connectivity index (χ2n) is 8.42. The van der Waals surface area contributed by atoms with Crippen molar-refractivity contribution in [3.05, 3.63) is 71.5 Å². The number of likely N-dealkylation sites (N-methyl/N-ethyl adjacent to an activating group) is 1. The number of nitrogens with zero attached hydrogens (tertiary/aromatic N) is 2. The standard InChI is InChI=1S/C24H30FN3O/c1-27-16-17-28(22(18-27)19-6-3-2-4-7-19)15-5-14-26-23(29)24(12-13-24)20-8-10-21(25)11-9-20/h2-4,6-11,22H,5,12-18H2,1H3,(H,26,29). The summed E-state index contributed by atoms with van der Waals surface area (Å²) < 4.78 is 13.2. The van der Waals surface area contributed by atoms with Crippen LogP contribution in [0.15, 0.2) is 54.6 Å². The van der Waals surface area contributed by atoms with Gasteiger partial charge in [0.1, 0.15) is 5.82 Å². The Morgan fingerprint density at radius 3 is 2.52 bits per heavy atom. The molecule has 0 radical (unpaired) electrons. The van der Waals surface area contributed by atoms with Gasteiger partial charge in [-0.25, -0.2) is 4.39 Å². The number of halogens is 1. The maximum Gasteiger partial charge on any atom is 0.230 e. The normalized spacial score (nSPS) is 21.7. The van der Waals surface area contributed by atoms with Crippen LogP contribution >= 0.6 is 0 Å². The Morgan fingerprint density at radius 2 is 1.83 bits per heavy atom. The predicted octanol–water partition coefficient (Wildman–Crippen LogP) is 3.35. The van der Waals surface area contributed by atoms with Gasteiger partial charge in [-0.05, 0) is 49.6 Å². The Morgan fingerprint density at radius 1 is 1.10 bits per heavy atom. The molecular weight excluding hydrogens is 365 g/mol. The summed E-state index contributed by atoms with van der Waals surface area (Å²) in [6.07, 6.45) is 2.62. The molecule has 0 bridgehead atoms. The highest BCUT2D eigenvalue weighted by molar-refractivity contribution is 5.91. The summed E-state index contributed by atoms with van der Waals surface area (Å²) in [6, 6.07) is 17.5. The van der Waals surface area contributed by atoms with Crippen LogP contribution < -0.4 is 5.32 Å². The maximum absolute atomic E-state index is 13.2. The smallest absolute Gasteiger partial charge is 0.230 e. The van der Waals surface area contributed by atoms with Crippen LogP contribution in [0, 0.1) is 5.82 Å². The Hall–Kier alpha value is -2.24. The van der Waals surface area contributed by atoms with E-state index >= 15 is 0 Å². The zero-order valence-electron chi connectivity index (χ0n) is 17.1. The second kappa shape index (κ2) is 8.64. The Balaban J connectivity index is 1.29. The zero-order valence-corrected chi connectivity index (χ0v) is 17.1. The van der Waals surface area contributed by atoms with Gasteiger partial charge in [-0.2, -0.15) is 0 Å². The number of carbonyl (C=O) groups excluding carboxylic acids is 1. The summed E-state index contributed by atoms with van der Waals surface area (Å²) in [6.45, 7) is 4.80. The monoisotopic (exact) mass is 395 g/mol. The van der Waals surface area contributed by atoms with Crippen molar-refractivity contribution in [1.82, 2.24) is 15.1 Å². The van der Waals surface area contributed by atoms with E-state index in [0.717, 1.165) is 51.0 Å². The third kappa shape index (κ3) is 4.51. The van der Waals surface area contributed by atoms with Crippen LogP contribution in [0.25, 0.3) is 0 Å². The van der Waals surface area contributed by atoms with Crippen molar-refractivity contribution >= 4 is 5.91 Å². The largest absolute Gasteiger partial charge is 0.355 e. The molecule has 2 aromatic carbocycles. The molecule has 1 saturated carbocycles. The number of hydrogen-bond acceptors (Lipinski definition) is 3. The van der Waals surface area contributed by atoms with Crippen LogP contribution in [0.3, 0.4) is 0 Å². The van der Waals surface area contributed by atoms with E-state index in [1.165, 1.54) is 17.7 Å². The molecule has 1 aliphatic heterocycles. The summed E-state index contributed by atoms with van der Waals surface area (Å²) in [5.41, 5.74) is 1.85. The lowest BCUT2D eigenvalue weighted by Crippen LogP contribution is -2.47. The highest BCUT2D eigenvalue weighted by Gasteiger charge is 2.51. The lowest BCUT2D eigenvalue weighted by atomic mass is 9.95. The molecule has 2 aromatic rings. The molecule has 154 valence electrons. The first kappa shape index (κ1) is 20.0. The highest BCUT2D eigenvalue weighted by Crippen LogP contribution is 2.48. The first-order valence-electron chi connectivity index (χ1n) is 10.6. The third-order valence-corrected chi connectivity index (χ3v) is 6.37. The van der Waals surface area contributed by atoms with Crippen molar-refractivity contribution in [3.8, 4) is 0 Å². The molecule has 4 nitrogen and oxygen atoms in total. The van der Waals surface area contributed by atoms with E-state index in [1.807, 2.05) is 0 Å². The molecule has 1 atom stereocenters. The van der Waals surface area contributed by atoms with Gasteiger partial charge in [0, 0.05) is 38.8 Å². The molecule has 1 unspecified atom stereocenters. The summed E-state index contributed by atoms with van der Waals surface area (Å²) >= 11 is 0. The predicted molar refractivity (Wildman–Crippen MR) is 113 cm³/mol. The highest BCUT2D eigenvalue weighted by atomic mass is 19.1. The lowest BCUT2D eigenvalue weighted by Gasteiger charge is -2.40. The zero-order chi connectivity index (χ0) is 20.3. The third-order valence-electron chi connectivity index (χ3n) is 6.37. The van der Waals surface area contributed by atoms with Crippen molar-refractivity contribution in [2.24, 2.45) is 0 Å². The Bertz CT molecular complexity index is 820. The molecule has 2 fully saturated rings. The van der Waals surface area contributed by atoms with Crippen LogP contribution in [0.4, 0.5) is 4.39 Å².